The molecule has 0 aromatic heterocycles. The molecule has 0 aromatic carbocycles. The van der Waals surface area contributed by atoms with Crippen LogP contribution in [0, 0.1) is 11.8 Å². The van der Waals surface area contributed by atoms with Crippen molar-refractivity contribution >= 4 is 5.96 Å². The summed E-state index contributed by atoms with van der Waals surface area (Å²) < 4.78 is 5.91. The highest BCUT2D eigenvalue weighted by molar-refractivity contribution is 5.81. The van der Waals surface area contributed by atoms with Gasteiger partial charge in [0.05, 0.1) is 18.2 Å². The first kappa shape index (κ1) is 12.3. The zero-order valence-electron chi connectivity index (χ0n) is 11.6. The molecule has 4 heteroatoms. The fourth-order valence-corrected chi connectivity index (χ4v) is 3.24. The molecule has 0 aromatic rings. The number of rotatable bonds is 3. The molecule has 1 spiro atoms. The zero-order chi connectivity index (χ0) is 12.8. The lowest BCUT2D eigenvalue weighted by Crippen LogP contribution is -2.57. The van der Waals surface area contributed by atoms with Crippen LogP contribution in [0.25, 0.3) is 0 Å². The van der Waals surface area contributed by atoms with Gasteiger partial charge in [-0.15, -0.1) is 0 Å². The largest absolute Gasteiger partial charge is 0.378 e. The first-order valence-electron chi connectivity index (χ1n) is 7.30. The fourth-order valence-electron chi connectivity index (χ4n) is 3.24. The Morgan fingerprint density at radius 2 is 2.28 bits per heavy atom. The summed E-state index contributed by atoms with van der Waals surface area (Å²) >= 11 is 0. The van der Waals surface area contributed by atoms with Crippen LogP contribution in [0.15, 0.2) is 4.99 Å². The number of guanidine groups is 1. The average molecular weight is 251 g/mol. The quantitative estimate of drug-likeness (QED) is 0.829. The van der Waals surface area contributed by atoms with Gasteiger partial charge in [0.15, 0.2) is 5.96 Å². The molecule has 2 fully saturated rings. The minimum Gasteiger partial charge on any atom is -0.378 e. The Bertz CT molecular complexity index is 351. The second kappa shape index (κ2) is 4.41. The van der Waals surface area contributed by atoms with Crippen molar-refractivity contribution in [2.45, 2.75) is 51.2 Å². The van der Waals surface area contributed by atoms with Crippen LogP contribution < -0.4 is 5.73 Å². The Kier molecular flexibility index (Phi) is 3.00. The van der Waals surface area contributed by atoms with E-state index in [2.05, 4.69) is 23.7 Å². The van der Waals surface area contributed by atoms with Crippen LogP contribution in [0.3, 0.4) is 0 Å². The summed E-state index contributed by atoms with van der Waals surface area (Å²) in [5.74, 6) is 2.20. The van der Waals surface area contributed by atoms with E-state index in [1.54, 1.807) is 0 Å². The van der Waals surface area contributed by atoms with Gasteiger partial charge >= 0.3 is 0 Å². The summed E-state index contributed by atoms with van der Waals surface area (Å²) in [6, 6.07) is 0. The van der Waals surface area contributed by atoms with Gasteiger partial charge < -0.3 is 15.4 Å². The molecule has 0 bridgehead atoms. The third-order valence-corrected chi connectivity index (χ3v) is 4.75. The Morgan fingerprint density at radius 1 is 1.50 bits per heavy atom. The molecule has 102 valence electrons. The van der Waals surface area contributed by atoms with Crippen molar-refractivity contribution < 1.29 is 4.74 Å². The van der Waals surface area contributed by atoms with Gasteiger partial charge in [0.1, 0.15) is 0 Å². The first-order chi connectivity index (χ1) is 8.61. The molecule has 3 rings (SSSR count). The molecule has 1 saturated heterocycles. The van der Waals surface area contributed by atoms with Crippen molar-refractivity contribution in [1.29, 1.82) is 0 Å². The van der Waals surface area contributed by atoms with Crippen LogP contribution in [0.5, 0.6) is 0 Å². The van der Waals surface area contributed by atoms with Gasteiger partial charge in [-0.1, -0.05) is 13.8 Å². The Balaban J connectivity index is 1.75. The van der Waals surface area contributed by atoms with E-state index in [0.29, 0.717) is 12.0 Å². The van der Waals surface area contributed by atoms with E-state index < -0.39 is 0 Å². The highest BCUT2D eigenvalue weighted by Crippen LogP contribution is 2.40. The van der Waals surface area contributed by atoms with Crippen LogP contribution in [0.2, 0.25) is 0 Å². The van der Waals surface area contributed by atoms with E-state index in [1.165, 1.54) is 12.8 Å². The molecule has 3 aliphatic rings. The van der Waals surface area contributed by atoms with Crippen molar-refractivity contribution in [1.82, 2.24) is 4.90 Å². The zero-order valence-corrected chi connectivity index (χ0v) is 11.6. The molecule has 2 N–H and O–H groups in total. The van der Waals surface area contributed by atoms with Crippen LogP contribution in [0.1, 0.15) is 39.5 Å². The minimum absolute atomic E-state index is 0.167. The summed E-state index contributed by atoms with van der Waals surface area (Å²) in [5.41, 5.74) is 6.28. The van der Waals surface area contributed by atoms with Crippen molar-refractivity contribution in [3.05, 3.63) is 0 Å². The summed E-state index contributed by atoms with van der Waals surface area (Å²) in [7, 11) is 0. The molecule has 1 saturated carbocycles. The summed E-state index contributed by atoms with van der Waals surface area (Å²) in [4.78, 5) is 6.94. The molecule has 18 heavy (non-hydrogen) atoms. The second-order valence-electron chi connectivity index (χ2n) is 6.56. The van der Waals surface area contributed by atoms with E-state index in [0.717, 1.165) is 44.4 Å². The lowest BCUT2D eigenvalue weighted by atomic mass is 9.82. The van der Waals surface area contributed by atoms with Crippen LogP contribution in [-0.2, 0) is 4.74 Å². The lowest BCUT2D eigenvalue weighted by molar-refractivity contribution is -0.0678. The third-order valence-electron chi connectivity index (χ3n) is 4.75. The van der Waals surface area contributed by atoms with Gasteiger partial charge in [-0.3, -0.25) is 4.99 Å². The predicted octanol–water partition coefficient (Wildman–Crippen LogP) is 1.60. The number of aliphatic imine (C=N–C) groups is 1. The highest BCUT2D eigenvalue weighted by Gasteiger charge is 2.47. The van der Waals surface area contributed by atoms with E-state index in [1.807, 2.05) is 0 Å². The number of nitrogens with two attached hydrogens (primary N) is 1. The standard InChI is InChI=1S/C14H25N3O/c1-10(2)12-7-14(5-6-18-12)9-16-13(15)17(14)8-11-3-4-11/h10-12H,3-9H2,1-2H3,(H2,15,16). The maximum Gasteiger partial charge on any atom is 0.191 e. The molecule has 1 aliphatic carbocycles. The summed E-state index contributed by atoms with van der Waals surface area (Å²) in [6.07, 6.45) is 5.25. The summed E-state index contributed by atoms with van der Waals surface area (Å²) in [5, 5.41) is 0. The van der Waals surface area contributed by atoms with Gasteiger partial charge in [-0.2, -0.15) is 0 Å². The van der Waals surface area contributed by atoms with Crippen LogP contribution >= 0.6 is 0 Å². The van der Waals surface area contributed by atoms with Crippen LogP contribution in [0.4, 0.5) is 0 Å². The molecular formula is C14H25N3O. The average Bonchev–Trinajstić information content (AvgIpc) is 3.12. The maximum atomic E-state index is 6.12. The maximum absolute atomic E-state index is 6.12. The van der Waals surface area contributed by atoms with Crippen molar-refractivity contribution in [2.75, 3.05) is 19.7 Å². The van der Waals surface area contributed by atoms with Gasteiger partial charge in [-0.25, -0.2) is 0 Å². The smallest absolute Gasteiger partial charge is 0.191 e. The number of ether oxygens (including phenoxy) is 1. The molecular weight excluding hydrogens is 226 g/mol. The third kappa shape index (κ3) is 2.11. The number of nitrogens with zero attached hydrogens (tertiary/aromatic N) is 2. The fraction of sp³-hybridized carbons (Fsp3) is 0.929. The van der Waals surface area contributed by atoms with E-state index >= 15 is 0 Å². The van der Waals surface area contributed by atoms with E-state index in [9.17, 15) is 0 Å². The predicted molar refractivity (Wildman–Crippen MR) is 72.5 cm³/mol. The highest BCUT2D eigenvalue weighted by atomic mass is 16.5. The number of hydrogen-bond donors (Lipinski definition) is 1. The van der Waals surface area contributed by atoms with Crippen LogP contribution in [-0.4, -0.2) is 42.2 Å². The molecule has 2 atom stereocenters. The molecule has 2 heterocycles. The Morgan fingerprint density at radius 3 is 2.94 bits per heavy atom. The van der Waals surface area contributed by atoms with Crippen molar-refractivity contribution in [3.8, 4) is 0 Å². The van der Waals surface area contributed by atoms with E-state index in [4.69, 9.17) is 10.5 Å². The molecule has 4 nitrogen and oxygen atoms in total. The number of hydrogen-bond acceptors (Lipinski definition) is 4. The molecule has 2 aliphatic heterocycles. The second-order valence-corrected chi connectivity index (χ2v) is 6.56. The van der Waals surface area contributed by atoms with Crippen molar-refractivity contribution in [3.63, 3.8) is 0 Å². The monoisotopic (exact) mass is 251 g/mol. The molecule has 0 amide bonds. The van der Waals surface area contributed by atoms with Gasteiger partial charge in [0, 0.05) is 13.2 Å². The first-order valence-corrected chi connectivity index (χ1v) is 7.30. The molecule has 2 unspecified atom stereocenters. The van der Waals surface area contributed by atoms with E-state index in [-0.39, 0.29) is 5.54 Å². The van der Waals surface area contributed by atoms with Gasteiger partial charge in [0.25, 0.3) is 0 Å². The normalized spacial score (nSPS) is 36.5. The lowest BCUT2D eigenvalue weighted by Gasteiger charge is -2.45. The molecule has 0 radical (unpaired) electrons. The Labute approximate surface area is 110 Å². The SMILES string of the molecule is CC(C)C1CC2(CCO1)CN=C(N)N2CC1CC1. The van der Waals surface area contributed by atoms with Gasteiger partial charge in [0.2, 0.25) is 0 Å². The Hall–Kier alpha value is -0.770. The minimum atomic E-state index is 0.167. The summed E-state index contributed by atoms with van der Waals surface area (Å²) in [6.45, 7) is 7.33. The van der Waals surface area contributed by atoms with Crippen molar-refractivity contribution in [2.24, 2.45) is 22.6 Å². The topological polar surface area (TPSA) is 50.9 Å². The van der Waals surface area contributed by atoms with Gasteiger partial charge in [-0.05, 0) is 37.5 Å².